The third-order valence-corrected chi connectivity index (χ3v) is 6.61. The van der Waals surface area contributed by atoms with Gasteiger partial charge in [0.2, 0.25) is 5.91 Å². The smallest absolute Gasteiger partial charge is 0.225 e. The van der Waals surface area contributed by atoms with E-state index < -0.39 is 0 Å². The van der Waals surface area contributed by atoms with E-state index in [4.69, 9.17) is 9.47 Å². The van der Waals surface area contributed by atoms with Crippen molar-refractivity contribution in [1.29, 1.82) is 0 Å². The van der Waals surface area contributed by atoms with E-state index in [0.717, 1.165) is 16.9 Å². The third-order valence-electron chi connectivity index (χ3n) is 6.61. The van der Waals surface area contributed by atoms with Crippen LogP contribution >= 0.6 is 0 Å². The number of aromatic nitrogens is 1. The minimum atomic E-state index is -0.344. The third kappa shape index (κ3) is 3.63. The van der Waals surface area contributed by atoms with Gasteiger partial charge in [-0.1, -0.05) is 18.2 Å². The van der Waals surface area contributed by atoms with Crippen LogP contribution in [0, 0.1) is 11.7 Å². The molecule has 1 fully saturated rings. The first-order valence-electron chi connectivity index (χ1n) is 11.1. The molecule has 0 saturated heterocycles. The molecule has 3 aromatic rings. The van der Waals surface area contributed by atoms with Crippen molar-refractivity contribution in [1.82, 2.24) is 4.98 Å². The summed E-state index contributed by atoms with van der Waals surface area (Å²) in [5, 5.41) is 2.78. The zero-order chi connectivity index (χ0) is 22.5. The highest BCUT2D eigenvalue weighted by Gasteiger charge is 2.59. The van der Waals surface area contributed by atoms with Crippen molar-refractivity contribution in [3.8, 4) is 17.2 Å². The molecule has 6 rings (SSSR count). The Kier molecular flexibility index (Phi) is 4.64. The normalized spacial score (nSPS) is 21.8. The molecule has 3 aliphatic rings. The maximum Gasteiger partial charge on any atom is 0.225 e. The average Bonchev–Trinajstić information content (AvgIpc) is 3.31. The van der Waals surface area contributed by atoms with Crippen LogP contribution in [0.25, 0.3) is 0 Å². The first kappa shape index (κ1) is 19.9. The summed E-state index contributed by atoms with van der Waals surface area (Å²) in [6.07, 6.45) is 3.05. The van der Waals surface area contributed by atoms with Crippen molar-refractivity contribution < 1.29 is 23.5 Å². The van der Waals surface area contributed by atoms with Crippen LogP contribution in [0.5, 0.6) is 17.2 Å². The Labute approximate surface area is 189 Å². The van der Waals surface area contributed by atoms with E-state index in [9.17, 15) is 14.0 Å². The minimum absolute atomic E-state index is 0.0104. The maximum absolute atomic E-state index is 13.9. The molecule has 3 heterocycles. The molecular weight excluding hydrogens is 423 g/mol. The van der Waals surface area contributed by atoms with Crippen LogP contribution in [0.15, 0.2) is 54.7 Å². The zero-order valence-corrected chi connectivity index (χ0v) is 17.7. The van der Waals surface area contributed by atoms with Gasteiger partial charge < -0.3 is 14.8 Å². The van der Waals surface area contributed by atoms with E-state index in [1.807, 2.05) is 18.2 Å². The van der Waals surface area contributed by atoms with Gasteiger partial charge in [-0.25, -0.2) is 9.37 Å². The van der Waals surface area contributed by atoms with Crippen molar-refractivity contribution in [2.45, 2.75) is 37.7 Å². The Morgan fingerprint density at radius 1 is 1.18 bits per heavy atom. The first-order valence-corrected chi connectivity index (χ1v) is 11.1. The first-order chi connectivity index (χ1) is 16.1. The molecule has 33 heavy (non-hydrogen) atoms. The molecule has 0 bridgehead atoms. The highest BCUT2D eigenvalue weighted by molar-refractivity contribution is 5.93. The molecule has 6 nitrogen and oxygen atoms in total. The highest BCUT2D eigenvalue weighted by Crippen LogP contribution is 2.60. The van der Waals surface area contributed by atoms with Crippen molar-refractivity contribution >= 4 is 17.5 Å². The number of rotatable bonds is 6. The number of halogens is 1. The van der Waals surface area contributed by atoms with Crippen LogP contribution in [-0.4, -0.2) is 22.8 Å². The molecule has 1 N–H and O–H groups in total. The van der Waals surface area contributed by atoms with Crippen LogP contribution in [-0.2, 0) is 22.4 Å². The lowest BCUT2D eigenvalue weighted by Crippen LogP contribution is -2.20. The van der Waals surface area contributed by atoms with Crippen LogP contribution in [0.4, 0.5) is 10.2 Å². The summed E-state index contributed by atoms with van der Waals surface area (Å²) < 4.78 is 26.1. The van der Waals surface area contributed by atoms with Crippen LogP contribution in [0.2, 0.25) is 0 Å². The standard InChI is InChI=1S/C26H21FN2O4/c27-20-4-2-1-3-14(20)11-15(30)12-19-24-18-13-16(5-7-21(18)33-25(19)24)32-22-9-10-28-26-17(22)6-8-23(31)29-26/h1-5,7,9-10,13,19,24-25H,6,8,11-12H2,(H,28,29,31)/t19-,24-,25+/m0/s1. The number of nitrogens with zero attached hydrogens (tertiary/aromatic N) is 1. The predicted octanol–water partition coefficient (Wildman–Crippen LogP) is 4.57. The van der Waals surface area contributed by atoms with Gasteiger partial charge >= 0.3 is 0 Å². The summed E-state index contributed by atoms with van der Waals surface area (Å²) in [5.74, 6) is 2.59. The number of ketones is 1. The summed E-state index contributed by atoms with van der Waals surface area (Å²) in [4.78, 5) is 28.4. The topological polar surface area (TPSA) is 77.5 Å². The number of ether oxygens (including phenoxy) is 2. The van der Waals surface area contributed by atoms with Gasteiger partial charge in [0.1, 0.15) is 40.8 Å². The molecule has 1 aromatic heterocycles. The zero-order valence-electron chi connectivity index (χ0n) is 17.7. The van der Waals surface area contributed by atoms with Crippen molar-refractivity contribution in [2.24, 2.45) is 5.92 Å². The fourth-order valence-corrected chi connectivity index (χ4v) is 4.93. The van der Waals surface area contributed by atoms with Gasteiger partial charge in [0.05, 0.1) is 0 Å². The van der Waals surface area contributed by atoms with Crippen LogP contribution in [0.3, 0.4) is 0 Å². The summed E-state index contributed by atoms with van der Waals surface area (Å²) in [5.41, 5.74) is 2.36. The number of hydrogen-bond donors (Lipinski definition) is 1. The molecule has 3 atom stereocenters. The molecule has 166 valence electrons. The van der Waals surface area contributed by atoms with Gasteiger partial charge in [0.25, 0.3) is 0 Å². The number of carbonyl (C=O) groups excluding carboxylic acids is 2. The van der Waals surface area contributed by atoms with Crippen molar-refractivity contribution in [3.05, 3.63) is 77.2 Å². The number of fused-ring (bicyclic) bond motifs is 4. The predicted molar refractivity (Wildman–Crippen MR) is 118 cm³/mol. The second kappa shape index (κ2) is 7.69. The highest BCUT2D eigenvalue weighted by atomic mass is 19.1. The number of benzene rings is 2. The second-order valence-electron chi connectivity index (χ2n) is 8.77. The number of anilines is 1. The van der Waals surface area contributed by atoms with E-state index in [1.165, 1.54) is 6.07 Å². The van der Waals surface area contributed by atoms with E-state index in [1.54, 1.807) is 30.5 Å². The van der Waals surface area contributed by atoms with Gasteiger partial charge in [0.15, 0.2) is 0 Å². The maximum atomic E-state index is 13.9. The quantitative estimate of drug-likeness (QED) is 0.603. The Hall–Kier alpha value is -3.74. The number of carbonyl (C=O) groups is 2. The molecule has 1 aliphatic carbocycles. The SMILES string of the molecule is O=C(Cc1ccccc1F)C[C@@H]1[C@H]2Oc3ccc(Oc4ccnc5c4CCC(=O)N5)cc3[C@@H]12. The Bertz CT molecular complexity index is 1290. The number of amides is 1. The summed E-state index contributed by atoms with van der Waals surface area (Å²) >= 11 is 0. The largest absolute Gasteiger partial charge is 0.489 e. The molecular formula is C26H21FN2O4. The van der Waals surface area contributed by atoms with Crippen molar-refractivity contribution in [3.63, 3.8) is 0 Å². The van der Waals surface area contributed by atoms with Crippen LogP contribution in [0.1, 0.15) is 35.4 Å². The van der Waals surface area contributed by atoms with Gasteiger partial charge in [-0.05, 0) is 42.3 Å². The van der Waals surface area contributed by atoms with E-state index in [2.05, 4.69) is 10.3 Å². The molecule has 2 aliphatic heterocycles. The average molecular weight is 444 g/mol. The monoisotopic (exact) mass is 444 g/mol. The lowest BCUT2D eigenvalue weighted by Gasteiger charge is -2.19. The Morgan fingerprint density at radius 3 is 2.94 bits per heavy atom. The molecule has 7 heteroatoms. The fourth-order valence-electron chi connectivity index (χ4n) is 4.93. The van der Waals surface area contributed by atoms with Crippen molar-refractivity contribution in [2.75, 3.05) is 5.32 Å². The van der Waals surface area contributed by atoms with Gasteiger partial charge in [-0.15, -0.1) is 0 Å². The molecule has 2 aromatic carbocycles. The second-order valence-corrected chi connectivity index (χ2v) is 8.77. The molecule has 1 amide bonds. The molecule has 0 radical (unpaired) electrons. The van der Waals surface area contributed by atoms with Crippen LogP contribution < -0.4 is 14.8 Å². The lowest BCUT2D eigenvalue weighted by molar-refractivity contribution is -0.119. The molecule has 0 spiro atoms. The fraction of sp³-hybridized carbons (Fsp3) is 0.269. The van der Waals surface area contributed by atoms with E-state index >= 15 is 0 Å². The minimum Gasteiger partial charge on any atom is -0.489 e. The van der Waals surface area contributed by atoms with E-state index in [0.29, 0.717) is 42.1 Å². The number of Topliss-reactive ketones (excluding diaryl/α,β-unsaturated/α-hetero) is 1. The van der Waals surface area contributed by atoms with Gasteiger partial charge in [0, 0.05) is 48.4 Å². The lowest BCUT2D eigenvalue weighted by atomic mass is 10.0. The summed E-state index contributed by atoms with van der Waals surface area (Å²) in [6.45, 7) is 0. The van der Waals surface area contributed by atoms with E-state index in [-0.39, 0.29) is 41.9 Å². The summed E-state index contributed by atoms with van der Waals surface area (Å²) in [6, 6.07) is 13.9. The Morgan fingerprint density at radius 2 is 2.06 bits per heavy atom. The number of hydrogen-bond acceptors (Lipinski definition) is 5. The van der Waals surface area contributed by atoms with Gasteiger partial charge in [-0.3, -0.25) is 9.59 Å². The molecule has 0 unspecified atom stereocenters. The molecule has 1 saturated carbocycles. The summed E-state index contributed by atoms with van der Waals surface area (Å²) in [7, 11) is 0. The Balaban J connectivity index is 1.16. The van der Waals surface area contributed by atoms with Gasteiger partial charge in [-0.2, -0.15) is 0 Å². The number of nitrogens with one attached hydrogen (secondary N) is 1. The number of pyridine rings is 1.